The fraction of sp³-hybridized carbons (Fsp3) is 0.429. The Bertz CT molecular complexity index is 957. The Hall–Kier alpha value is -2.56. The van der Waals surface area contributed by atoms with Crippen molar-refractivity contribution < 1.29 is 14.3 Å². The zero-order chi connectivity index (χ0) is 18.2. The number of nitrogens with zero attached hydrogens (tertiary/aromatic N) is 1. The third-order valence-electron chi connectivity index (χ3n) is 6.27. The van der Waals surface area contributed by atoms with Crippen LogP contribution in [0.1, 0.15) is 64.1 Å². The molecule has 0 aromatic heterocycles. The van der Waals surface area contributed by atoms with Gasteiger partial charge in [0.25, 0.3) is 11.8 Å². The minimum Gasteiger partial charge on any atom is -0.496 e. The fourth-order valence-corrected chi connectivity index (χ4v) is 5.15. The van der Waals surface area contributed by atoms with E-state index >= 15 is 0 Å². The molecule has 2 amide bonds. The van der Waals surface area contributed by atoms with Gasteiger partial charge in [0.15, 0.2) is 0 Å². The van der Waals surface area contributed by atoms with Crippen LogP contribution >= 0.6 is 0 Å². The highest BCUT2D eigenvalue weighted by molar-refractivity contribution is 6.26. The van der Waals surface area contributed by atoms with E-state index in [4.69, 9.17) is 4.74 Å². The third kappa shape index (κ3) is 1.66. The van der Waals surface area contributed by atoms with Crippen LogP contribution in [0.5, 0.6) is 0 Å². The number of rotatable bonds is 2. The number of carbonyl (C=O) groups excluding carboxylic acids is 2. The second-order valence-electron chi connectivity index (χ2n) is 7.67. The standard InChI is InChI=1S/C21H22N2O3/c1-4-23-19(24)14-11-7-5-8-12(11)18-16(15(14)20(23)25)17-13(26-3)9-6-10-21(17,2)22-18/h6,9,22H,4-5,7-8,10H2,1-3H3. The molecule has 1 N–H and O–H groups in total. The molecule has 5 nitrogen and oxygen atoms in total. The summed E-state index contributed by atoms with van der Waals surface area (Å²) in [6, 6.07) is 0. The molecule has 2 heterocycles. The largest absolute Gasteiger partial charge is 0.496 e. The molecule has 4 aliphatic rings. The summed E-state index contributed by atoms with van der Waals surface area (Å²) < 4.78 is 5.66. The van der Waals surface area contributed by atoms with Crippen molar-refractivity contribution in [2.75, 3.05) is 19.0 Å². The molecule has 0 spiro atoms. The van der Waals surface area contributed by atoms with E-state index in [0.717, 1.165) is 53.8 Å². The number of carbonyl (C=O) groups is 2. The number of methoxy groups -OCH3 is 1. The van der Waals surface area contributed by atoms with Crippen LogP contribution in [0.4, 0.5) is 5.69 Å². The van der Waals surface area contributed by atoms with Gasteiger partial charge in [-0.05, 0) is 56.7 Å². The molecule has 26 heavy (non-hydrogen) atoms. The van der Waals surface area contributed by atoms with E-state index in [-0.39, 0.29) is 17.4 Å². The summed E-state index contributed by atoms with van der Waals surface area (Å²) in [5.41, 5.74) is 6.19. The molecule has 0 saturated heterocycles. The number of imide groups is 1. The minimum absolute atomic E-state index is 0.132. The zero-order valence-electron chi connectivity index (χ0n) is 15.4. The molecule has 5 rings (SSSR count). The van der Waals surface area contributed by atoms with Crippen LogP contribution in [0, 0.1) is 0 Å². The Morgan fingerprint density at radius 2 is 1.88 bits per heavy atom. The molecule has 0 saturated carbocycles. The molecule has 0 fully saturated rings. The predicted octanol–water partition coefficient (Wildman–Crippen LogP) is 3.29. The van der Waals surface area contributed by atoms with Crippen LogP contribution < -0.4 is 5.32 Å². The van der Waals surface area contributed by atoms with E-state index in [1.54, 1.807) is 7.11 Å². The summed E-state index contributed by atoms with van der Waals surface area (Å²) in [6.45, 7) is 4.40. The van der Waals surface area contributed by atoms with Crippen molar-refractivity contribution in [1.82, 2.24) is 4.90 Å². The molecule has 5 heteroatoms. The van der Waals surface area contributed by atoms with Gasteiger partial charge in [-0.2, -0.15) is 0 Å². The van der Waals surface area contributed by atoms with Gasteiger partial charge in [-0.3, -0.25) is 14.5 Å². The number of anilines is 1. The molecule has 1 aromatic carbocycles. The number of fused-ring (bicyclic) bond motifs is 8. The van der Waals surface area contributed by atoms with Crippen molar-refractivity contribution >= 4 is 23.1 Å². The van der Waals surface area contributed by atoms with Crippen molar-refractivity contribution in [1.29, 1.82) is 0 Å². The van der Waals surface area contributed by atoms with Crippen molar-refractivity contribution in [2.45, 2.75) is 45.1 Å². The van der Waals surface area contributed by atoms with Crippen molar-refractivity contribution in [3.63, 3.8) is 0 Å². The van der Waals surface area contributed by atoms with Crippen LogP contribution in [0.3, 0.4) is 0 Å². The lowest BCUT2D eigenvalue weighted by Crippen LogP contribution is -2.33. The van der Waals surface area contributed by atoms with Crippen molar-refractivity contribution in [2.24, 2.45) is 0 Å². The van der Waals surface area contributed by atoms with Crippen LogP contribution in [-0.2, 0) is 17.6 Å². The minimum atomic E-state index is -0.309. The number of hydrogen-bond donors (Lipinski definition) is 1. The summed E-state index contributed by atoms with van der Waals surface area (Å²) in [4.78, 5) is 27.6. The first kappa shape index (κ1) is 15.7. The monoisotopic (exact) mass is 350 g/mol. The second kappa shape index (κ2) is 5.00. The van der Waals surface area contributed by atoms with Crippen LogP contribution in [-0.4, -0.2) is 35.9 Å². The summed E-state index contributed by atoms with van der Waals surface area (Å²) >= 11 is 0. The Labute approximate surface area is 152 Å². The van der Waals surface area contributed by atoms with E-state index in [1.165, 1.54) is 10.5 Å². The Kier molecular flexibility index (Phi) is 3.01. The summed E-state index contributed by atoms with van der Waals surface area (Å²) in [5, 5.41) is 3.70. The lowest BCUT2D eigenvalue weighted by atomic mass is 9.80. The lowest BCUT2D eigenvalue weighted by Gasteiger charge is -2.30. The highest BCUT2D eigenvalue weighted by Gasteiger charge is 2.50. The van der Waals surface area contributed by atoms with Gasteiger partial charge >= 0.3 is 0 Å². The van der Waals surface area contributed by atoms with Crippen LogP contribution in [0.2, 0.25) is 0 Å². The van der Waals surface area contributed by atoms with Gasteiger partial charge in [0.2, 0.25) is 0 Å². The van der Waals surface area contributed by atoms with Crippen LogP contribution in [0.25, 0.3) is 5.57 Å². The fourth-order valence-electron chi connectivity index (χ4n) is 5.15. The average Bonchev–Trinajstić information content (AvgIpc) is 3.27. The molecule has 134 valence electrons. The van der Waals surface area contributed by atoms with Crippen molar-refractivity contribution in [3.05, 3.63) is 45.7 Å². The Balaban J connectivity index is 1.91. The molecule has 1 unspecified atom stereocenters. The van der Waals surface area contributed by atoms with E-state index in [1.807, 2.05) is 13.0 Å². The quantitative estimate of drug-likeness (QED) is 0.832. The molecule has 1 atom stereocenters. The van der Waals surface area contributed by atoms with Gasteiger partial charge in [0.05, 0.1) is 23.8 Å². The Morgan fingerprint density at radius 1 is 1.15 bits per heavy atom. The number of amides is 2. The molecular weight excluding hydrogens is 328 g/mol. The first-order chi connectivity index (χ1) is 12.5. The van der Waals surface area contributed by atoms with E-state index in [9.17, 15) is 9.59 Å². The lowest BCUT2D eigenvalue weighted by molar-refractivity contribution is 0.0662. The predicted molar refractivity (Wildman–Crippen MR) is 99.2 cm³/mol. The van der Waals surface area contributed by atoms with Gasteiger partial charge in [0, 0.05) is 23.4 Å². The number of allylic oxidation sites excluding steroid dienone is 1. The SMILES string of the molecule is CCN1C(=O)c2c3c(c4c(c2C1=O)C1=C(OC)C=CCC1(C)N4)CCC3. The maximum absolute atomic E-state index is 13.2. The third-order valence-corrected chi connectivity index (χ3v) is 6.27. The second-order valence-corrected chi connectivity index (χ2v) is 7.67. The van der Waals surface area contributed by atoms with Crippen LogP contribution in [0.15, 0.2) is 17.9 Å². The summed E-state index contributed by atoms with van der Waals surface area (Å²) in [6.07, 6.45) is 7.75. The van der Waals surface area contributed by atoms with Gasteiger partial charge in [-0.25, -0.2) is 0 Å². The molecule has 0 bridgehead atoms. The topological polar surface area (TPSA) is 58.6 Å². The smallest absolute Gasteiger partial charge is 0.262 e. The van der Waals surface area contributed by atoms with Crippen molar-refractivity contribution in [3.8, 4) is 0 Å². The number of nitrogens with one attached hydrogen (secondary N) is 1. The maximum atomic E-state index is 13.2. The molecule has 1 aromatic rings. The molecule has 2 aliphatic carbocycles. The van der Waals surface area contributed by atoms with Gasteiger partial charge < -0.3 is 10.1 Å². The van der Waals surface area contributed by atoms with Gasteiger partial charge in [-0.1, -0.05) is 6.08 Å². The number of hydrogen-bond acceptors (Lipinski definition) is 4. The molecule has 2 aliphatic heterocycles. The molecule has 0 radical (unpaired) electrons. The zero-order valence-corrected chi connectivity index (χ0v) is 15.4. The number of ether oxygens (including phenoxy) is 1. The number of benzene rings is 1. The Morgan fingerprint density at radius 3 is 2.62 bits per heavy atom. The normalized spacial score (nSPS) is 25.3. The average molecular weight is 350 g/mol. The molecular formula is C21H22N2O3. The van der Waals surface area contributed by atoms with E-state index in [2.05, 4.69) is 18.3 Å². The first-order valence-electron chi connectivity index (χ1n) is 9.33. The highest BCUT2D eigenvalue weighted by Crippen LogP contribution is 2.54. The first-order valence-corrected chi connectivity index (χ1v) is 9.33. The maximum Gasteiger partial charge on any atom is 0.262 e. The van der Waals surface area contributed by atoms with E-state index in [0.29, 0.717) is 17.7 Å². The van der Waals surface area contributed by atoms with Gasteiger partial charge in [-0.15, -0.1) is 0 Å². The summed E-state index contributed by atoms with van der Waals surface area (Å²) in [5.74, 6) is 0.482. The highest BCUT2D eigenvalue weighted by atomic mass is 16.5. The van der Waals surface area contributed by atoms with Gasteiger partial charge in [0.1, 0.15) is 5.76 Å². The van der Waals surface area contributed by atoms with E-state index < -0.39 is 0 Å². The summed E-state index contributed by atoms with van der Waals surface area (Å²) in [7, 11) is 1.66.